The Bertz CT molecular complexity index is 364. The molecule has 18 heavy (non-hydrogen) atoms. The van der Waals surface area contributed by atoms with Gasteiger partial charge in [-0.3, -0.25) is 4.79 Å². The number of hydrogen-bond donors (Lipinski definition) is 3. The minimum atomic E-state index is -3.27. The third kappa shape index (κ3) is 10.5. The maximum atomic E-state index is 11.5. The molecule has 0 aromatic rings. The first kappa shape index (κ1) is 17.3. The summed E-state index contributed by atoms with van der Waals surface area (Å²) < 4.78 is 24.7. The Morgan fingerprint density at radius 3 is 2.28 bits per heavy atom. The Morgan fingerprint density at radius 2 is 1.83 bits per heavy atom. The fraction of sp³-hybridized carbons (Fsp3) is 0.909. The summed E-state index contributed by atoms with van der Waals surface area (Å²) in [5.41, 5.74) is -0.686. The normalized spacial score (nSPS) is 12.8. The van der Waals surface area contributed by atoms with Gasteiger partial charge in [-0.15, -0.1) is 0 Å². The van der Waals surface area contributed by atoms with Crippen LogP contribution in [0.15, 0.2) is 0 Å². The van der Waals surface area contributed by atoms with Gasteiger partial charge in [0.15, 0.2) is 0 Å². The quantitative estimate of drug-likeness (QED) is 0.575. The second kappa shape index (κ2) is 7.06. The van der Waals surface area contributed by atoms with Gasteiger partial charge >= 0.3 is 0 Å². The van der Waals surface area contributed by atoms with E-state index in [4.69, 9.17) is 0 Å². The lowest BCUT2D eigenvalue weighted by Gasteiger charge is -2.25. The van der Waals surface area contributed by atoms with E-state index in [1.807, 2.05) is 13.8 Å². The molecule has 0 spiro atoms. The van der Waals surface area contributed by atoms with Gasteiger partial charge in [-0.25, -0.2) is 13.1 Å². The summed E-state index contributed by atoms with van der Waals surface area (Å²) >= 11 is 0. The SMILES string of the molecule is CC(C)NCCC(=O)NCC(C)(C)NS(C)(=O)=O. The van der Waals surface area contributed by atoms with Gasteiger partial charge in [-0.1, -0.05) is 13.8 Å². The van der Waals surface area contributed by atoms with E-state index < -0.39 is 15.6 Å². The summed E-state index contributed by atoms with van der Waals surface area (Å²) in [7, 11) is -3.27. The molecule has 0 bridgehead atoms. The number of amides is 1. The lowest BCUT2D eigenvalue weighted by atomic mass is 10.1. The predicted molar refractivity (Wildman–Crippen MR) is 72.8 cm³/mol. The minimum absolute atomic E-state index is 0.0912. The van der Waals surface area contributed by atoms with Crippen LogP contribution in [0.25, 0.3) is 0 Å². The number of sulfonamides is 1. The van der Waals surface area contributed by atoms with Gasteiger partial charge in [0.25, 0.3) is 0 Å². The summed E-state index contributed by atoms with van der Waals surface area (Å²) in [6.07, 6.45) is 1.48. The van der Waals surface area contributed by atoms with Crippen molar-refractivity contribution in [2.45, 2.75) is 45.7 Å². The van der Waals surface area contributed by atoms with Gasteiger partial charge in [-0.2, -0.15) is 0 Å². The lowest BCUT2D eigenvalue weighted by molar-refractivity contribution is -0.121. The second-order valence-electron chi connectivity index (χ2n) is 5.39. The predicted octanol–water partition coefficient (Wildman–Crippen LogP) is -0.181. The van der Waals surface area contributed by atoms with Crippen LogP contribution < -0.4 is 15.4 Å². The van der Waals surface area contributed by atoms with Crippen LogP contribution in [-0.4, -0.2) is 45.3 Å². The molecule has 0 rings (SSSR count). The molecule has 0 radical (unpaired) electrons. The summed E-state index contributed by atoms with van der Waals surface area (Å²) in [5, 5.41) is 5.85. The zero-order chi connectivity index (χ0) is 14.4. The Morgan fingerprint density at radius 1 is 1.28 bits per heavy atom. The molecule has 7 heteroatoms. The topological polar surface area (TPSA) is 87.3 Å². The molecule has 0 saturated carbocycles. The van der Waals surface area contributed by atoms with Gasteiger partial charge < -0.3 is 10.6 Å². The average molecular weight is 279 g/mol. The third-order valence-electron chi connectivity index (χ3n) is 2.09. The molecule has 3 N–H and O–H groups in total. The molecule has 108 valence electrons. The highest BCUT2D eigenvalue weighted by Crippen LogP contribution is 2.01. The van der Waals surface area contributed by atoms with E-state index in [2.05, 4.69) is 15.4 Å². The van der Waals surface area contributed by atoms with E-state index in [-0.39, 0.29) is 12.5 Å². The van der Waals surface area contributed by atoms with Gasteiger partial charge in [0.2, 0.25) is 15.9 Å². The number of carbonyl (C=O) groups excluding carboxylic acids is 1. The van der Waals surface area contributed by atoms with E-state index in [9.17, 15) is 13.2 Å². The molecular weight excluding hydrogens is 254 g/mol. The van der Waals surface area contributed by atoms with Crippen LogP contribution in [0, 0.1) is 0 Å². The Hall–Kier alpha value is -0.660. The molecule has 0 unspecified atom stereocenters. The smallest absolute Gasteiger partial charge is 0.221 e. The molecule has 0 atom stereocenters. The molecule has 0 fully saturated rings. The molecule has 0 heterocycles. The first-order valence-electron chi connectivity index (χ1n) is 6.01. The van der Waals surface area contributed by atoms with Crippen molar-refractivity contribution in [2.75, 3.05) is 19.3 Å². The fourth-order valence-corrected chi connectivity index (χ4v) is 2.50. The Labute approximate surface area is 110 Å². The van der Waals surface area contributed by atoms with E-state index in [0.29, 0.717) is 19.0 Å². The lowest BCUT2D eigenvalue weighted by Crippen LogP contribution is -2.51. The molecule has 0 aliphatic rings. The highest BCUT2D eigenvalue weighted by atomic mass is 32.2. The number of rotatable bonds is 8. The molecule has 0 aliphatic heterocycles. The molecule has 6 nitrogen and oxygen atoms in total. The molecule has 0 saturated heterocycles. The molecule has 0 aliphatic carbocycles. The maximum Gasteiger partial charge on any atom is 0.221 e. The summed E-state index contributed by atoms with van der Waals surface area (Å²) in [5.74, 6) is -0.0912. The zero-order valence-corrected chi connectivity index (χ0v) is 12.6. The van der Waals surface area contributed by atoms with Gasteiger partial charge in [0.1, 0.15) is 0 Å². The first-order chi connectivity index (χ1) is 8.02. The highest BCUT2D eigenvalue weighted by molar-refractivity contribution is 7.88. The fourth-order valence-electron chi connectivity index (χ4n) is 1.42. The van der Waals surface area contributed by atoms with Crippen molar-refractivity contribution in [2.24, 2.45) is 0 Å². The Balaban J connectivity index is 3.97. The molecule has 1 amide bonds. The van der Waals surface area contributed by atoms with Crippen molar-refractivity contribution in [3.8, 4) is 0 Å². The van der Waals surface area contributed by atoms with Crippen molar-refractivity contribution in [1.29, 1.82) is 0 Å². The van der Waals surface area contributed by atoms with Crippen molar-refractivity contribution in [3.05, 3.63) is 0 Å². The van der Waals surface area contributed by atoms with Crippen molar-refractivity contribution < 1.29 is 13.2 Å². The molecular formula is C11H25N3O3S. The van der Waals surface area contributed by atoms with E-state index >= 15 is 0 Å². The number of nitrogens with one attached hydrogen (secondary N) is 3. The van der Waals surface area contributed by atoms with Crippen LogP contribution in [0.3, 0.4) is 0 Å². The molecule has 0 aromatic heterocycles. The van der Waals surface area contributed by atoms with Crippen molar-refractivity contribution in [3.63, 3.8) is 0 Å². The average Bonchev–Trinajstić information content (AvgIpc) is 2.10. The van der Waals surface area contributed by atoms with Crippen LogP contribution in [0.2, 0.25) is 0 Å². The number of carbonyl (C=O) groups is 1. The summed E-state index contributed by atoms with van der Waals surface area (Å²) in [6, 6.07) is 0.348. The van der Waals surface area contributed by atoms with Crippen LogP contribution >= 0.6 is 0 Å². The van der Waals surface area contributed by atoms with E-state index in [1.54, 1.807) is 13.8 Å². The van der Waals surface area contributed by atoms with E-state index in [0.717, 1.165) is 6.26 Å². The van der Waals surface area contributed by atoms with Crippen LogP contribution in [0.5, 0.6) is 0 Å². The van der Waals surface area contributed by atoms with Gasteiger partial charge in [0.05, 0.1) is 6.26 Å². The Kier molecular flexibility index (Phi) is 6.80. The van der Waals surface area contributed by atoms with Crippen molar-refractivity contribution in [1.82, 2.24) is 15.4 Å². The molecule has 0 aromatic carbocycles. The van der Waals surface area contributed by atoms with Crippen LogP contribution in [0.1, 0.15) is 34.1 Å². The standard InChI is InChI=1S/C11H25N3O3S/c1-9(2)12-7-6-10(15)13-8-11(3,4)14-18(5,16)17/h9,12,14H,6-8H2,1-5H3,(H,13,15). The maximum absolute atomic E-state index is 11.5. The van der Waals surface area contributed by atoms with Gasteiger partial charge in [0, 0.05) is 31.1 Å². The summed E-state index contributed by atoms with van der Waals surface area (Å²) in [4.78, 5) is 11.5. The largest absolute Gasteiger partial charge is 0.354 e. The first-order valence-corrected chi connectivity index (χ1v) is 7.90. The number of hydrogen-bond acceptors (Lipinski definition) is 4. The van der Waals surface area contributed by atoms with Crippen LogP contribution in [0.4, 0.5) is 0 Å². The summed E-state index contributed by atoms with van der Waals surface area (Å²) in [6.45, 7) is 8.35. The minimum Gasteiger partial charge on any atom is -0.354 e. The van der Waals surface area contributed by atoms with Crippen LogP contribution in [-0.2, 0) is 14.8 Å². The van der Waals surface area contributed by atoms with Gasteiger partial charge in [-0.05, 0) is 13.8 Å². The van der Waals surface area contributed by atoms with Crippen molar-refractivity contribution >= 4 is 15.9 Å². The third-order valence-corrected chi connectivity index (χ3v) is 3.02. The second-order valence-corrected chi connectivity index (χ2v) is 7.14. The monoisotopic (exact) mass is 279 g/mol. The van der Waals surface area contributed by atoms with E-state index in [1.165, 1.54) is 0 Å². The highest BCUT2D eigenvalue weighted by Gasteiger charge is 2.22. The zero-order valence-electron chi connectivity index (χ0n) is 11.8.